The summed E-state index contributed by atoms with van der Waals surface area (Å²) in [6, 6.07) is 0. The Morgan fingerprint density at radius 3 is 1.46 bits per heavy atom. The molecule has 0 heterocycles. The molecule has 26 heavy (non-hydrogen) atoms. The summed E-state index contributed by atoms with van der Waals surface area (Å²) in [5, 5.41) is 8.38. The highest BCUT2D eigenvalue weighted by Crippen LogP contribution is 2.08. The Labute approximate surface area is 157 Å². The fourth-order valence-electron chi connectivity index (χ4n) is 1.45. The molecule has 0 aromatic rings. The van der Waals surface area contributed by atoms with Crippen LogP contribution in [0.2, 0.25) is 0 Å². The van der Waals surface area contributed by atoms with Gasteiger partial charge in [-0.05, 0) is 41.5 Å². The van der Waals surface area contributed by atoms with Crippen molar-refractivity contribution < 1.29 is 33.6 Å². The fraction of sp³-hybridized carbons (Fsp3) is 0.889. The lowest BCUT2D eigenvalue weighted by Crippen LogP contribution is -2.24. The summed E-state index contributed by atoms with van der Waals surface area (Å²) >= 11 is 0. The molecule has 0 bridgehead atoms. The van der Waals surface area contributed by atoms with E-state index in [9.17, 15) is 9.59 Å². The van der Waals surface area contributed by atoms with Gasteiger partial charge in [0.2, 0.25) is 0 Å². The Bertz CT molecular complexity index is 337. The molecule has 0 aliphatic carbocycles. The van der Waals surface area contributed by atoms with Crippen molar-refractivity contribution in [2.45, 2.75) is 65.6 Å². The third kappa shape index (κ3) is 25.0. The molecule has 3 N–H and O–H groups in total. The van der Waals surface area contributed by atoms with Gasteiger partial charge < -0.3 is 29.8 Å². The van der Waals surface area contributed by atoms with Crippen LogP contribution in [0.25, 0.3) is 0 Å². The highest BCUT2D eigenvalue weighted by molar-refractivity contribution is 5.70. The molecule has 156 valence electrons. The van der Waals surface area contributed by atoms with Crippen LogP contribution in [0.5, 0.6) is 0 Å². The van der Waals surface area contributed by atoms with Crippen LogP contribution < -0.4 is 5.73 Å². The van der Waals surface area contributed by atoms with E-state index in [0.29, 0.717) is 26.4 Å². The van der Waals surface area contributed by atoms with Crippen molar-refractivity contribution in [2.75, 3.05) is 39.6 Å². The average molecular weight is 379 g/mol. The second kappa shape index (κ2) is 14.9. The van der Waals surface area contributed by atoms with Gasteiger partial charge in [-0.2, -0.15) is 0 Å². The minimum Gasteiger partial charge on any atom is -0.460 e. The maximum Gasteiger partial charge on any atom is 0.308 e. The molecule has 0 saturated carbocycles. The predicted octanol–water partition coefficient (Wildman–Crippen LogP) is 1.42. The molecule has 8 nitrogen and oxygen atoms in total. The fourth-order valence-corrected chi connectivity index (χ4v) is 1.45. The number of hydrogen-bond acceptors (Lipinski definition) is 8. The molecule has 0 aromatic heterocycles. The third-order valence-electron chi connectivity index (χ3n) is 2.24. The van der Waals surface area contributed by atoms with Crippen molar-refractivity contribution in [1.29, 1.82) is 0 Å². The van der Waals surface area contributed by atoms with Gasteiger partial charge in [-0.15, -0.1) is 0 Å². The van der Waals surface area contributed by atoms with Gasteiger partial charge in [0, 0.05) is 6.54 Å². The maximum absolute atomic E-state index is 11.1. The molecule has 8 heteroatoms. The minimum absolute atomic E-state index is 0.0195. The Morgan fingerprint density at radius 1 is 0.769 bits per heavy atom. The van der Waals surface area contributed by atoms with Gasteiger partial charge in [-0.25, -0.2) is 0 Å². The molecular formula is C18H37NO7. The highest BCUT2D eigenvalue weighted by Gasteiger charge is 2.16. The molecule has 0 saturated heterocycles. The first kappa shape index (κ1) is 27.0. The lowest BCUT2D eigenvalue weighted by Gasteiger charge is -2.19. The van der Waals surface area contributed by atoms with E-state index >= 15 is 0 Å². The molecule has 0 spiro atoms. The topological polar surface area (TPSA) is 117 Å². The molecular weight excluding hydrogens is 342 g/mol. The largest absolute Gasteiger partial charge is 0.460 e. The first-order valence-corrected chi connectivity index (χ1v) is 8.81. The van der Waals surface area contributed by atoms with Crippen LogP contribution in [0.1, 0.15) is 54.4 Å². The van der Waals surface area contributed by atoms with E-state index in [1.54, 1.807) is 0 Å². The number of esters is 2. The summed E-state index contributed by atoms with van der Waals surface area (Å²) in [7, 11) is 0. The zero-order valence-corrected chi connectivity index (χ0v) is 17.1. The number of aliphatic hydroxyl groups excluding tert-OH is 1. The van der Waals surface area contributed by atoms with Crippen molar-refractivity contribution >= 4 is 11.9 Å². The van der Waals surface area contributed by atoms with Crippen molar-refractivity contribution in [3.05, 3.63) is 0 Å². The second-order valence-corrected chi connectivity index (χ2v) is 7.41. The van der Waals surface area contributed by atoms with E-state index < -0.39 is 11.2 Å². The van der Waals surface area contributed by atoms with Crippen LogP contribution in [-0.2, 0) is 28.5 Å². The second-order valence-electron chi connectivity index (χ2n) is 7.41. The lowest BCUT2D eigenvalue weighted by atomic mass is 10.2. The molecule has 0 unspecified atom stereocenters. The highest BCUT2D eigenvalue weighted by atomic mass is 16.6. The zero-order valence-electron chi connectivity index (χ0n) is 17.1. The number of carbonyl (C=O) groups excluding carboxylic acids is 2. The summed E-state index contributed by atoms with van der Waals surface area (Å²) in [5.74, 6) is -0.505. The minimum atomic E-state index is -0.436. The van der Waals surface area contributed by atoms with E-state index in [0.717, 1.165) is 0 Å². The molecule has 0 atom stereocenters. The van der Waals surface area contributed by atoms with E-state index in [1.807, 2.05) is 41.5 Å². The molecule has 0 aliphatic rings. The van der Waals surface area contributed by atoms with E-state index in [4.69, 9.17) is 29.8 Å². The molecule has 0 rings (SSSR count). The van der Waals surface area contributed by atoms with Gasteiger partial charge >= 0.3 is 11.9 Å². The number of rotatable bonds is 10. The Hall–Kier alpha value is -1.22. The summed E-state index contributed by atoms with van der Waals surface area (Å²) in [6.07, 6.45) is 0.522. The standard InChI is InChI=1S/C9H19NO3.C9H18O4/c2*1-9(2,3)13-8(11)4-6-12-7-5-10/h4-7,10H2,1-3H3;10H,4-7H2,1-3H3. The number of ether oxygens (including phenoxy) is 4. The molecule has 0 amide bonds. The van der Waals surface area contributed by atoms with Crippen molar-refractivity contribution in [3.8, 4) is 0 Å². The molecule has 0 radical (unpaired) electrons. The van der Waals surface area contributed by atoms with Crippen molar-refractivity contribution in [3.63, 3.8) is 0 Å². The van der Waals surface area contributed by atoms with E-state index in [1.165, 1.54) is 0 Å². The third-order valence-corrected chi connectivity index (χ3v) is 2.24. The van der Waals surface area contributed by atoms with Crippen LogP contribution in [-0.4, -0.2) is 67.8 Å². The van der Waals surface area contributed by atoms with Gasteiger partial charge in [0.15, 0.2) is 0 Å². The van der Waals surface area contributed by atoms with Crippen LogP contribution in [0.3, 0.4) is 0 Å². The van der Waals surface area contributed by atoms with Crippen LogP contribution >= 0.6 is 0 Å². The predicted molar refractivity (Wildman–Crippen MR) is 98.7 cm³/mol. The number of aliphatic hydroxyl groups is 1. The van der Waals surface area contributed by atoms with Crippen molar-refractivity contribution in [2.24, 2.45) is 5.73 Å². The van der Waals surface area contributed by atoms with Gasteiger partial charge in [-0.3, -0.25) is 9.59 Å². The number of nitrogens with two attached hydrogens (primary N) is 1. The Kier molecular flexibility index (Phi) is 15.5. The molecule has 0 aromatic carbocycles. The van der Waals surface area contributed by atoms with E-state index in [-0.39, 0.29) is 38.0 Å². The zero-order chi connectivity index (χ0) is 20.6. The summed E-state index contributed by atoms with van der Waals surface area (Å²) < 4.78 is 20.1. The van der Waals surface area contributed by atoms with Gasteiger partial charge in [0.25, 0.3) is 0 Å². The molecule has 0 aliphatic heterocycles. The Balaban J connectivity index is 0. The van der Waals surface area contributed by atoms with Crippen molar-refractivity contribution in [1.82, 2.24) is 0 Å². The monoisotopic (exact) mass is 379 g/mol. The van der Waals surface area contributed by atoms with Gasteiger partial charge in [0.05, 0.1) is 45.9 Å². The first-order chi connectivity index (χ1) is 11.9. The lowest BCUT2D eigenvalue weighted by molar-refractivity contribution is -0.157. The summed E-state index contributed by atoms with van der Waals surface area (Å²) in [4.78, 5) is 22.1. The summed E-state index contributed by atoms with van der Waals surface area (Å²) in [5.41, 5.74) is 4.36. The van der Waals surface area contributed by atoms with E-state index in [2.05, 4.69) is 0 Å². The molecule has 0 fully saturated rings. The summed E-state index contributed by atoms with van der Waals surface area (Å²) in [6.45, 7) is 12.9. The van der Waals surface area contributed by atoms with Crippen LogP contribution in [0.15, 0.2) is 0 Å². The van der Waals surface area contributed by atoms with Crippen LogP contribution in [0, 0.1) is 0 Å². The Morgan fingerprint density at radius 2 is 1.15 bits per heavy atom. The first-order valence-electron chi connectivity index (χ1n) is 8.81. The van der Waals surface area contributed by atoms with Gasteiger partial charge in [-0.1, -0.05) is 0 Å². The van der Waals surface area contributed by atoms with Crippen LogP contribution in [0.4, 0.5) is 0 Å². The van der Waals surface area contributed by atoms with Gasteiger partial charge in [0.1, 0.15) is 11.2 Å². The average Bonchev–Trinajstić information content (AvgIpc) is 2.45. The maximum atomic E-state index is 11.1. The number of hydrogen-bond donors (Lipinski definition) is 2. The number of carbonyl (C=O) groups is 2. The SMILES string of the molecule is CC(C)(C)OC(=O)CCOCCN.CC(C)(C)OC(=O)CCOCCO. The smallest absolute Gasteiger partial charge is 0.308 e. The normalized spacial score (nSPS) is 11.4. The quantitative estimate of drug-likeness (QED) is 0.432.